The van der Waals surface area contributed by atoms with E-state index < -0.39 is 0 Å². The minimum Gasteiger partial charge on any atom is -0.382 e. The van der Waals surface area contributed by atoms with Crippen molar-refractivity contribution in [3.8, 4) is 0 Å². The summed E-state index contributed by atoms with van der Waals surface area (Å²) in [5.41, 5.74) is 2.44. The third-order valence-electron chi connectivity index (χ3n) is 4.30. The standard InChI is InChI=1S/C21H24N2O3S/c1-2-26-12-6-11-22-21(25)17-9-10-19-18(13-17)23(20(24)15-27-19)14-16-7-4-3-5-8-16/h3-5,7-10,13H,2,6,11-12,14-15H2,1H3,(H,22,25). The summed E-state index contributed by atoms with van der Waals surface area (Å²) in [6.45, 7) is 4.34. The number of hydrogen-bond donors (Lipinski definition) is 1. The molecule has 2 aromatic rings. The number of carbonyl (C=O) groups excluding carboxylic acids is 2. The molecule has 0 aromatic heterocycles. The summed E-state index contributed by atoms with van der Waals surface area (Å²) >= 11 is 1.52. The number of thioether (sulfide) groups is 1. The number of hydrogen-bond acceptors (Lipinski definition) is 4. The van der Waals surface area contributed by atoms with Crippen LogP contribution < -0.4 is 10.2 Å². The SMILES string of the molecule is CCOCCCNC(=O)c1ccc2c(c1)N(Cc1ccccc1)C(=O)CS2. The third-order valence-corrected chi connectivity index (χ3v) is 5.35. The zero-order chi connectivity index (χ0) is 19.1. The van der Waals surface area contributed by atoms with Gasteiger partial charge >= 0.3 is 0 Å². The predicted octanol–water partition coefficient (Wildman–Crippen LogP) is 3.48. The van der Waals surface area contributed by atoms with Gasteiger partial charge < -0.3 is 15.0 Å². The van der Waals surface area contributed by atoms with E-state index in [1.807, 2.05) is 55.5 Å². The van der Waals surface area contributed by atoms with Crippen molar-refractivity contribution in [2.24, 2.45) is 0 Å². The molecule has 2 amide bonds. The molecule has 2 aromatic carbocycles. The highest BCUT2D eigenvalue weighted by molar-refractivity contribution is 8.00. The number of nitrogens with one attached hydrogen (secondary N) is 1. The van der Waals surface area contributed by atoms with E-state index in [1.165, 1.54) is 11.8 Å². The van der Waals surface area contributed by atoms with Gasteiger partial charge in [0.1, 0.15) is 0 Å². The Balaban J connectivity index is 1.73. The van der Waals surface area contributed by atoms with Gasteiger partial charge in [0.05, 0.1) is 18.0 Å². The van der Waals surface area contributed by atoms with Crippen LogP contribution in [0.5, 0.6) is 0 Å². The molecule has 0 spiro atoms. The highest BCUT2D eigenvalue weighted by atomic mass is 32.2. The van der Waals surface area contributed by atoms with E-state index in [9.17, 15) is 9.59 Å². The van der Waals surface area contributed by atoms with Gasteiger partial charge in [-0.2, -0.15) is 0 Å². The summed E-state index contributed by atoms with van der Waals surface area (Å²) in [5, 5.41) is 2.91. The summed E-state index contributed by atoms with van der Waals surface area (Å²) in [6.07, 6.45) is 0.777. The normalized spacial score (nSPS) is 13.4. The molecule has 0 saturated heterocycles. The second-order valence-electron chi connectivity index (χ2n) is 6.24. The molecule has 1 heterocycles. The van der Waals surface area contributed by atoms with Crippen LogP contribution in [0.15, 0.2) is 53.4 Å². The van der Waals surface area contributed by atoms with Crippen molar-refractivity contribution in [1.29, 1.82) is 0 Å². The number of anilines is 1. The summed E-state index contributed by atoms with van der Waals surface area (Å²) in [5.74, 6) is 0.352. The molecule has 1 N–H and O–H groups in total. The highest BCUT2D eigenvalue weighted by Gasteiger charge is 2.25. The lowest BCUT2D eigenvalue weighted by atomic mass is 10.1. The second kappa shape index (κ2) is 9.58. The van der Waals surface area contributed by atoms with Gasteiger partial charge in [0.25, 0.3) is 5.91 Å². The number of amides is 2. The second-order valence-corrected chi connectivity index (χ2v) is 7.26. The molecule has 1 aliphatic rings. The van der Waals surface area contributed by atoms with E-state index in [4.69, 9.17) is 4.74 Å². The Hall–Kier alpha value is -2.31. The van der Waals surface area contributed by atoms with Crippen LogP contribution in [0.4, 0.5) is 5.69 Å². The van der Waals surface area contributed by atoms with Crippen LogP contribution in [0.25, 0.3) is 0 Å². The van der Waals surface area contributed by atoms with Crippen molar-refractivity contribution < 1.29 is 14.3 Å². The maximum absolute atomic E-state index is 12.5. The minimum absolute atomic E-state index is 0.0608. The monoisotopic (exact) mass is 384 g/mol. The molecule has 27 heavy (non-hydrogen) atoms. The first-order valence-electron chi connectivity index (χ1n) is 9.16. The Labute approximate surface area is 164 Å². The topological polar surface area (TPSA) is 58.6 Å². The zero-order valence-corrected chi connectivity index (χ0v) is 16.3. The van der Waals surface area contributed by atoms with Crippen LogP contribution in [-0.2, 0) is 16.1 Å². The molecule has 1 aliphatic heterocycles. The number of nitrogens with zero attached hydrogens (tertiary/aromatic N) is 1. The van der Waals surface area contributed by atoms with Gasteiger partial charge in [0, 0.05) is 30.2 Å². The van der Waals surface area contributed by atoms with E-state index in [2.05, 4.69) is 5.32 Å². The van der Waals surface area contributed by atoms with Gasteiger partial charge in [0.2, 0.25) is 5.91 Å². The molecule has 3 rings (SSSR count). The van der Waals surface area contributed by atoms with Crippen LogP contribution in [0.2, 0.25) is 0 Å². The van der Waals surface area contributed by atoms with Crippen LogP contribution in [0, 0.1) is 0 Å². The molecule has 0 fully saturated rings. The first-order valence-corrected chi connectivity index (χ1v) is 10.1. The van der Waals surface area contributed by atoms with Crippen molar-refractivity contribution in [2.75, 3.05) is 30.4 Å². The molecule has 6 heteroatoms. The summed E-state index contributed by atoms with van der Waals surface area (Å²) in [7, 11) is 0. The molecule has 5 nitrogen and oxygen atoms in total. The van der Waals surface area contributed by atoms with Gasteiger partial charge in [-0.1, -0.05) is 30.3 Å². The zero-order valence-electron chi connectivity index (χ0n) is 15.4. The Kier molecular flexibility index (Phi) is 6.90. The number of rotatable bonds is 8. The third kappa shape index (κ3) is 5.11. The van der Waals surface area contributed by atoms with Gasteiger partial charge in [-0.25, -0.2) is 0 Å². The quantitative estimate of drug-likeness (QED) is 0.708. The van der Waals surface area contributed by atoms with Gasteiger partial charge in [0.15, 0.2) is 0 Å². The van der Waals surface area contributed by atoms with Crippen molar-refractivity contribution in [2.45, 2.75) is 24.8 Å². The lowest BCUT2D eigenvalue weighted by Gasteiger charge is -2.29. The van der Waals surface area contributed by atoms with E-state index in [0.29, 0.717) is 37.6 Å². The van der Waals surface area contributed by atoms with Crippen molar-refractivity contribution in [1.82, 2.24) is 5.32 Å². The minimum atomic E-state index is -0.128. The lowest BCUT2D eigenvalue weighted by molar-refractivity contribution is -0.116. The average Bonchev–Trinajstić information content (AvgIpc) is 2.70. The average molecular weight is 385 g/mol. The first kappa shape index (κ1) is 19.5. The Bertz CT molecular complexity index is 795. The highest BCUT2D eigenvalue weighted by Crippen LogP contribution is 2.36. The lowest BCUT2D eigenvalue weighted by Crippen LogP contribution is -2.35. The summed E-state index contributed by atoms with van der Waals surface area (Å²) in [4.78, 5) is 27.8. The van der Waals surface area contributed by atoms with E-state index in [1.54, 1.807) is 4.90 Å². The fourth-order valence-corrected chi connectivity index (χ4v) is 3.82. The Morgan fingerprint density at radius 2 is 2.04 bits per heavy atom. The number of fused-ring (bicyclic) bond motifs is 1. The smallest absolute Gasteiger partial charge is 0.251 e. The van der Waals surface area contributed by atoms with Crippen LogP contribution >= 0.6 is 11.8 Å². The fraction of sp³-hybridized carbons (Fsp3) is 0.333. The van der Waals surface area contributed by atoms with Gasteiger partial charge in [-0.05, 0) is 37.1 Å². The molecule has 0 saturated carbocycles. The van der Waals surface area contributed by atoms with Gasteiger partial charge in [-0.15, -0.1) is 11.8 Å². The predicted molar refractivity (Wildman–Crippen MR) is 108 cm³/mol. The molecule has 142 valence electrons. The molecule has 0 atom stereocenters. The molecule has 0 radical (unpaired) electrons. The molecule has 0 unspecified atom stereocenters. The van der Waals surface area contributed by atoms with Crippen molar-refractivity contribution >= 4 is 29.3 Å². The number of ether oxygens (including phenoxy) is 1. The Morgan fingerprint density at radius 1 is 1.22 bits per heavy atom. The van der Waals surface area contributed by atoms with E-state index >= 15 is 0 Å². The first-order chi connectivity index (χ1) is 13.2. The number of carbonyl (C=O) groups is 2. The maximum Gasteiger partial charge on any atom is 0.251 e. The summed E-state index contributed by atoms with van der Waals surface area (Å²) in [6, 6.07) is 15.5. The number of benzene rings is 2. The molecular formula is C21H24N2O3S. The summed E-state index contributed by atoms with van der Waals surface area (Å²) < 4.78 is 5.28. The Morgan fingerprint density at radius 3 is 2.81 bits per heavy atom. The van der Waals surface area contributed by atoms with Gasteiger partial charge in [-0.3, -0.25) is 9.59 Å². The van der Waals surface area contributed by atoms with Crippen LogP contribution in [0.3, 0.4) is 0 Å². The van der Waals surface area contributed by atoms with Crippen molar-refractivity contribution in [3.63, 3.8) is 0 Å². The van der Waals surface area contributed by atoms with E-state index in [0.717, 1.165) is 22.6 Å². The molecular weight excluding hydrogens is 360 g/mol. The largest absolute Gasteiger partial charge is 0.382 e. The molecule has 0 aliphatic carbocycles. The van der Waals surface area contributed by atoms with Crippen LogP contribution in [-0.4, -0.2) is 37.3 Å². The van der Waals surface area contributed by atoms with Crippen molar-refractivity contribution in [3.05, 3.63) is 59.7 Å². The maximum atomic E-state index is 12.5. The van der Waals surface area contributed by atoms with E-state index in [-0.39, 0.29) is 11.8 Å². The fourth-order valence-electron chi connectivity index (χ4n) is 2.91. The molecule has 0 bridgehead atoms. The van der Waals surface area contributed by atoms with Crippen LogP contribution in [0.1, 0.15) is 29.3 Å².